The smallest absolute Gasteiger partial charge is 0.324 e. The highest BCUT2D eigenvalue weighted by Gasteiger charge is 2.35. The summed E-state index contributed by atoms with van der Waals surface area (Å²) in [4.78, 5) is 38.3. The third kappa shape index (κ3) is 31.8. The molecule has 141 heavy (non-hydrogen) atoms. The molecule has 0 atom stereocenters. The average Bonchev–Trinajstić information content (AvgIpc) is 1.67. The molecule has 19 nitrogen and oxygen atoms in total. The summed E-state index contributed by atoms with van der Waals surface area (Å²) in [7, 11) is 0. The summed E-state index contributed by atoms with van der Waals surface area (Å²) < 4.78 is 48.7. The maximum atomic E-state index is 11.7. The molecule has 21 aromatic rings. The Labute approximate surface area is 841 Å². The number of alkyl halides is 3. The number of allylic oxidation sites excluding steroid dienone is 4. The fraction of sp³-hybridized carbons (Fsp3) is 0.191. The van der Waals surface area contributed by atoms with Gasteiger partial charge < -0.3 is 5.32 Å². The highest BCUT2D eigenvalue weighted by molar-refractivity contribution is 9.10. The molecular formula is C115H109BrClF3N18OS2. The second kappa shape index (κ2) is 52.2. The molecule has 26 heteroatoms. The van der Waals surface area contributed by atoms with E-state index in [2.05, 4.69) is 296 Å². The molecule has 0 spiro atoms. The van der Waals surface area contributed by atoms with Crippen molar-refractivity contribution in [2.45, 2.75) is 140 Å². The van der Waals surface area contributed by atoms with Crippen molar-refractivity contribution in [3.05, 3.63) is 422 Å². The molecule has 3 aliphatic rings. The van der Waals surface area contributed by atoms with Crippen LogP contribution in [-0.4, -0.2) is 85.5 Å². The van der Waals surface area contributed by atoms with E-state index in [0.717, 1.165) is 142 Å². The molecule has 0 unspecified atom stereocenters. The SMILES string of the molecule is CC1=NN=C(C2=CCCC=C2)C1.CC1CCC(c2ccccc2)CC1.Cc1cc2ccccc2c(Nc2cc3ccccc3c(Br)n2)n1.Cc1ccc2ccccc2n1.Cc1ccc2nonc2c1.Cc1ccc2nsnc2c1.Cc1cccc2cccnc12.Cc1cccc2ncccc12.Cc1cnc2ccccc2c1.Cc1ncc(Cl)cn1.Cc1nccc2ccccc12.Cc1nnc(C(F)(F)F)s1. The molecule has 10 aromatic carbocycles. The van der Waals surface area contributed by atoms with Gasteiger partial charge >= 0.3 is 6.18 Å². The summed E-state index contributed by atoms with van der Waals surface area (Å²) in [5, 5.41) is 36.9. The average molecular weight is 2000 g/mol. The summed E-state index contributed by atoms with van der Waals surface area (Å²) in [5.74, 6) is 4.15. The lowest BCUT2D eigenvalue weighted by Crippen LogP contribution is -2.10. The Hall–Kier alpha value is -14.9. The first-order valence-corrected chi connectivity index (χ1v) is 49.0. The molecule has 1 aliphatic heterocycles. The maximum Gasteiger partial charge on any atom is 0.445 e. The first kappa shape index (κ1) is 103. The van der Waals surface area contributed by atoms with Crippen LogP contribution in [0.15, 0.2) is 366 Å². The van der Waals surface area contributed by atoms with Crippen LogP contribution in [0.25, 0.3) is 98.0 Å². The zero-order chi connectivity index (χ0) is 99.4. The lowest BCUT2D eigenvalue weighted by molar-refractivity contribution is -0.138. The third-order valence-corrected chi connectivity index (χ3v) is 24.8. The van der Waals surface area contributed by atoms with Crippen LogP contribution in [0, 0.1) is 75.2 Å². The molecule has 0 bridgehead atoms. The number of hydrogen-bond acceptors (Lipinski definition) is 21. The Morgan fingerprint density at radius 2 is 1.04 bits per heavy atom. The van der Waals surface area contributed by atoms with E-state index >= 15 is 0 Å². The molecule has 0 saturated heterocycles. The Morgan fingerprint density at radius 1 is 0.433 bits per heavy atom. The number of hydrogen-bond donors (Lipinski definition) is 1. The van der Waals surface area contributed by atoms with Gasteiger partial charge in [-0.3, -0.25) is 24.9 Å². The number of rotatable bonds is 4. The van der Waals surface area contributed by atoms with Gasteiger partial charge in [0.25, 0.3) is 0 Å². The topological polar surface area (TPSA) is 243 Å². The van der Waals surface area contributed by atoms with Gasteiger partial charge in [0.1, 0.15) is 49.1 Å². The van der Waals surface area contributed by atoms with Crippen molar-refractivity contribution in [2.75, 3.05) is 5.32 Å². The number of aryl methyl sites for hydroxylation is 10. The Kier molecular flexibility index (Phi) is 38.3. The standard InChI is InChI=1S/C19H14BrN3.C13H18.C10H12N2.5C10H9N.C7H6N2O.C7H6N2S.C5H5ClN2.C4H3F3N2S/c1-12-10-13-6-3-5-9-16(13)19(21-12)23-17-11-14-7-2-4-8-15(14)18(20)22-17;1-11-7-9-13(10-8-11)12-5-3-2-4-6-12;1-8-7-10(12-11-8)9-5-3-2-4-6-9;1-8-4-2-6-10-9(8)5-3-7-11-10;1-8-4-2-5-9-6-3-7-11-10(8)9;1-8-6-9-4-2-3-5-10(9)11-7-8;1-8-10-5-3-2-4-9(10)6-7-11-8;1-8-6-7-9-4-2-3-5-10(9)11-8;2*1-5-2-3-6-7(4-5)9-10-8-6;1-4-7-2-5(6)3-8-4;1-2-8-9-3(10-2)4(5,6)7/h2-11H,1H3,(H,21,22,23);2-6,11,13H,7-10H2,1H3;3,5-6H,2,4,7H2,1H3;5*2-7H,1H3;2*2-4H,1H3;2-3H,1H3;1H3. The number of pyridine rings is 7. The van der Waals surface area contributed by atoms with Gasteiger partial charge in [-0.05, 0) is 280 Å². The van der Waals surface area contributed by atoms with Gasteiger partial charge in [0.15, 0.2) is 0 Å². The number of anilines is 2. The zero-order valence-electron chi connectivity index (χ0n) is 80.7. The van der Waals surface area contributed by atoms with E-state index in [-0.39, 0.29) is 0 Å². The number of benzene rings is 10. The van der Waals surface area contributed by atoms with Gasteiger partial charge in [-0.1, -0.05) is 261 Å². The number of nitrogens with one attached hydrogen (secondary N) is 1. The maximum absolute atomic E-state index is 11.7. The first-order valence-electron chi connectivity index (χ1n) is 46.2. The van der Waals surface area contributed by atoms with E-state index in [1.807, 2.05) is 218 Å². The van der Waals surface area contributed by atoms with E-state index < -0.39 is 11.2 Å². The Bertz CT molecular complexity index is 7420. The summed E-state index contributed by atoms with van der Waals surface area (Å²) in [6.07, 6.45) is 21.6. The van der Waals surface area contributed by atoms with Crippen molar-refractivity contribution in [1.29, 1.82) is 0 Å². The lowest BCUT2D eigenvalue weighted by atomic mass is 9.79. The lowest BCUT2D eigenvalue weighted by Gasteiger charge is -2.26. The molecule has 11 aromatic heterocycles. The van der Waals surface area contributed by atoms with Crippen molar-refractivity contribution < 1.29 is 17.8 Å². The van der Waals surface area contributed by atoms with E-state index in [1.165, 1.54) is 115 Å². The number of nitrogens with zero attached hydrogens (tertiary/aromatic N) is 17. The van der Waals surface area contributed by atoms with Crippen LogP contribution in [-0.2, 0) is 6.18 Å². The first-order chi connectivity index (χ1) is 68.3. The third-order valence-electron chi connectivity index (χ3n) is 22.6. The van der Waals surface area contributed by atoms with Crippen molar-refractivity contribution in [3.63, 3.8) is 0 Å². The van der Waals surface area contributed by atoms with Gasteiger partial charge in [0.05, 0.1) is 44.5 Å². The molecule has 12 heterocycles. The van der Waals surface area contributed by atoms with E-state index in [9.17, 15) is 13.2 Å². The van der Waals surface area contributed by atoms with Gasteiger partial charge in [0, 0.05) is 104 Å². The largest absolute Gasteiger partial charge is 0.445 e. The number of aromatic nitrogens is 15. The van der Waals surface area contributed by atoms with Crippen LogP contribution >= 0.6 is 50.6 Å². The number of para-hydroxylation sites is 3. The van der Waals surface area contributed by atoms with Crippen LogP contribution in [0.4, 0.5) is 24.8 Å². The summed E-state index contributed by atoms with van der Waals surface area (Å²) >= 11 is 10.8. The van der Waals surface area contributed by atoms with Gasteiger partial charge in [-0.2, -0.15) is 32.1 Å². The fourth-order valence-electron chi connectivity index (χ4n) is 15.2. The molecule has 24 rings (SSSR count). The van der Waals surface area contributed by atoms with Crippen LogP contribution in [0.3, 0.4) is 0 Å². The number of fused-ring (bicyclic) bond motifs is 9. The Balaban J connectivity index is 0.000000131. The normalized spacial score (nSPS) is 13.2. The van der Waals surface area contributed by atoms with Crippen LogP contribution in [0.1, 0.15) is 131 Å². The minimum atomic E-state index is -4.34. The van der Waals surface area contributed by atoms with Gasteiger partial charge in [0.2, 0.25) is 5.01 Å². The number of halogens is 5. The molecule has 0 amide bonds. The van der Waals surface area contributed by atoms with Crippen LogP contribution in [0.5, 0.6) is 0 Å². The van der Waals surface area contributed by atoms with Crippen LogP contribution < -0.4 is 5.32 Å². The summed E-state index contributed by atoms with van der Waals surface area (Å²) in [6.45, 7) is 24.0. The minimum absolute atomic E-state index is 0.326. The molecule has 2 aliphatic carbocycles. The highest BCUT2D eigenvalue weighted by Crippen LogP contribution is 2.36. The van der Waals surface area contributed by atoms with Crippen molar-refractivity contribution in [1.82, 2.24) is 74.1 Å². The predicted octanol–water partition coefficient (Wildman–Crippen LogP) is 31.6. The predicted molar refractivity (Wildman–Crippen MR) is 580 cm³/mol. The summed E-state index contributed by atoms with van der Waals surface area (Å²) in [6, 6.07) is 96.7. The van der Waals surface area contributed by atoms with E-state index in [4.69, 9.17) is 11.6 Å². The van der Waals surface area contributed by atoms with Crippen molar-refractivity contribution in [3.8, 4) is 0 Å². The summed E-state index contributed by atoms with van der Waals surface area (Å²) in [5.41, 5.74) is 22.3. The monoisotopic (exact) mass is 1990 g/mol. The molecule has 1 fully saturated rings. The minimum Gasteiger partial charge on any atom is -0.324 e. The van der Waals surface area contributed by atoms with Crippen LogP contribution in [0.2, 0.25) is 5.02 Å². The molecule has 1 N–H and O–H groups in total. The molecular weight excluding hydrogens is 1890 g/mol. The second-order valence-electron chi connectivity index (χ2n) is 33.9. The fourth-order valence-corrected chi connectivity index (χ4v) is 17.0. The second-order valence-corrected chi connectivity index (χ2v) is 36.8. The molecule has 712 valence electrons. The van der Waals surface area contributed by atoms with Crippen molar-refractivity contribution >= 4 is 172 Å². The van der Waals surface area contributed by atoms with Crippen molar-refractivity contribution in [2.24, 2.45) is 16.1 Å². The molecule has 1 saturated carbocycles. The molecule has 0 radical (unpaired) electrons. The van der Waals surface area contributed by atoms with Gasteiger partial charge in [-0.15, -0.1) is 10.2 Å². The van der Waals surface area contributed by atoms with E-state index in [0.29, 0.717) is 21.4 Å². The highest BCUT2D eigenvalue weighted by atomic mass is 79.9. The quantitative estimate of drug-likeness (QED) is 0.161. The van der Waals surface area contributed by atoms with Gasteiger partial charge in [-0.25, -0.2) is 24.6 Å². The zero-order valence-corrected chi connectivity index (χ0v) is 84.6. The van der Waals surface area contributed by atoms with E-state index in [1.54, 1.807) is 18.0 Å². The Morgan fingerprint density at radius 3 is 1.72 bits per heavy atom.